The van der Waals surface area contributed by atoms with Gasteiger partial charge in [-0.15, -0.1) is 0 Å². The lowest BCUT2D eigenvalue weighted by Crippen LogP contribution is -2.18. The third-order valence-electron chi connectivity index (χ3n) is 12.4. The first-order chi connectivity index (χ1) is 27.6. The van der Waals surface area contributed by atoms with Crippen molar-refractivity contribution >= 4 is 83.5 Å². The largest absolute Gasteiger partial charge is 0.310 e. The highest BCUT2D eigenvalue weighted by molar-refractivity contribution is 6.32. The first kappa shape index (κ1) is 34.9. The average molecular weight is 738 g/mol. The van der Waals surface area contributed by atoms with Gasteiger partial charge in [0.2, 0.25) is 0 Å². The summed E-state index contributed by atoms with van der Waals surface area (Å²) in [5.74, 6) is 0. The molecule has 0 spiro atoms. The Labute approximate surface area is 336 Å². The zero-order chi connectivity index (χ0) is 39.2. The lowest BCUT2D eigenvalue weighted by Gasteiger charge is -2.36. The number of anilines is 9. The number of benzene rings is 9. The van der Waals surface area contributed by atoms with Gasteiger partial charge in [-0.3, -0.25) is 0 Å². The van der Waals surface area contributed by atoms with Crippen molar-refractivity contribution in [2.75, 3.05) is 14.7 Å². The minimum absolute atomic E-state index is 0.00705. The van der Waals surface area contributed by atoms with Crippen LogP contribution >= 0.6 is 0 Å². The number of rotatable bonds is 3. The van der Waals surface area contributed by atoms with Gasteiger partial charge in [0.1, 0.15) is 0 Å². The molecular formula is C54H47N3. The summed E-state index contributed by atoms with van der Waals surface area (Å²) in [4.78, 5) is 7.38. The van der Waals surface area contributed by atoms with Crippen molar-refractivity contribution in [2.24, 2.45) is 0 Å². The number of nitrogens with zero attached hydrogens (tertiary/aromatic N) is 3. The molecule has 278 valence electrons. The summed E-state index contributed by atoms with van der Waals surface area (Å²) in [6, 6.07) is 58.1. The summed E-state index contributed by atoms with van der Waals surface area (Å²) >= 11 is 0. The maximum Gasteiger partial charge on any atom is 0.0564 e. The summed E-state index contributed by atoms with van der Waals surface area (Å²) in [7, 11) is 0. The van der Waals surface area contributed by atoms with Gasteiger partial charge in [0.15, 0.2) is 0 Å². The molecule has 57 heavy (non-hydrogen) atoms. The molecule has 3 nitrogen and oxygen atoms in total. The zero-order valence-corrected chi connectivity index (χ0v) is 33.9. The van der Waals surface area contributed by atoms with Crippen LogP contribution in [-0.4, -0.2) is 0 Å². The van der Waals surface area contributed by atoms with Crippen LogP contribution in [0.4, 0.5) is 51.2 Å². The van der Waals surface area contributed by atoms with E-state index in [0.717, 1.165) is 51.2 Å². The lowest BCUT2D eigenvalue weighted by molar-refractivity contribution is 0.591. The summed E-state index contributed by atoms with van der Waals surface area (Å²) < 4.78 is 0. The minimum atomic E-state index is 0.00705. The molecule has 0 aromatic heterocycles. The quantitative estimate of drug-likeness (QED) is 0.167. The van der Waals surface area contributed by atoms with E-state index in [2.05, 4.69) is 221 Å². The molecule has 0 N–H and O–H groups in total. The fraction of sp³-hybridized carbons (Fsp3) is 0.148. The Balaban J connectivity index is 1.46. The first-order valence-electron chi connectivity index (χ1n) is 20.1. The van der Waals surface area contributed by atoms with Gasteiger partial charge >= 0.3 is 0 Å². The Bertz CT molecular complexity index is 2810. The van der Waals surface area contributed by atoms with Crippen LogP contribution in [0, 0.1) is 27.7 Å². The first-order valence-corrected chi connectivity index (χ1v) is 20.1. The van der Waals surface area contributed by atoms with Gasteiger partial charge in [0, 0.05) is 56.0 Å². The molecule has 6 bridgehead atoms. The van der Waals surface area contributed by atoms with E-state index in [4.69, 9.17) is 0 Å². The van der Waals surface area contributed by atoms with E-state index < -0.39 is 0 Å². The Morgan fingerprint density at radius 2 is 0.667 bits per heavy atom. The molecule has 0 amide bonds. The van der Waals surface area contributed by atoms with E-state index in [0.29, 0.717) is 0 Å². The van der Waals surface area contributed by atoms with Crippen molar-refractivity contribution in [1.29, 1.82) is 0 Å². The number of para-hydroxylation sites is 3. The molecule has 0 unspecified atom stereocenters. The topological polar surface area (TPSA) is 9.72 Å². The molecule has 0 radical (unpaired) electrons. The third-order valence-corrected chi connectivity index (χ3v) is 12.4. The molecule has 3 heteroatoms. The highest BCUT2D eigenvalue weighted by atomic mass is 15.2. The SMILES string of the molecule is Cc1c(C)c2c3cc(c4c(C)c(C)c5cc(C(C)(C)C)cc1c5c24)N(c1ccccc1)c1cccc(c1)N(c1ccccc1)c1cccc(c1)N3c1ccccc1. The van der Waals surface area contributed by atoms with E-state index >= 15 is 0 Å². The molecule has 9 aromatic carbocycles. The maximum absolute atomic E-state index is 2.50. The fourth-order valence-electron chi connectivity index (χ4n) is 9.31. The normalized spacial score (nSPS) is 13.1. The Hall–Kier alpha value is -6.58. The minimum Gasteiger partial charge on any atom is -0.310 e. The van der Waals surface area contributed by atoms with Crippen LogP contribution in [0.15, 0.2) is 158 Å². The van der Waals surface area contributed by atoms with Crippen molar-refractivity contribution in [3.63, 3.8) is 0 Å². The predicted molar refractivity (Wildman–Crippen MR) is 245 cm³/mol. The molecule has 1 heterocycles. The molecule has 0 aliphatic carbocycles. The number of hydrogen-bond acceptors (Lipinski definition) is 3. The van der Waals surface area contributed by atoms with Crippen molar-refractivity contribution in [3.05, 3.63) is 186 Å². The van der Waals surface area contributed by atoms with E-state index in [1.165, 1.54) is 60.1 Å². The van der Waals surface area contributed by atoms with Gasteiger partial charge in [0.25, 0.3) is 0 Å². The smallest absolute Gasteiger partial charge is 0.0564 e. The van der Waals surface area contributed by atoms with Gasteiger partial charge in [-0.1, -0.05) is 99.6 Å². The molecule has 0 fully saturated rings. The maximum atomic E-state index is 2.50. The Morgan fingerprint density at radius 3 is 1.05 bits per heavy atom. The van der Waals surface area contributed by atoms with Crippen LogP contribution in [0.1, 0.15) is 48.6 Å². The van der Waals surface area contributed by atoms with Crippen LogP contribution < -0.4 is 14.7 Å². The molecule has 10 rings (SSSR count). The van der Waals surface area contributed by atoms with Crippen molar-refractivity contribution < 1.29 is 0 Å². The lowest BCUT2D eigenvalue weighted by atomic mass is 9.78. The molecular weight excluding hydrogens is 691 g/mol. The predicted octanol–water partition coefficient (Wildman–Crippen LogP) is 15.8. The number of aryl methyl sites for hydroxylation is 4. The van der Waals surface area contributed by atoms with Gasteiger partial charge in [-0.05, 0) is 156 Å². The van der Waals surface area contributed by atoms with Crippen LogP contribution in [0.5, 0.6) is 0 Å². The number of hydrogen-bond donors (Lipinski definition) is 0. The zero-order valence-electron chi connectivity index (χ0n) is 33.9. The van der Waals surface area contributed by atoms with Crippen LogP contribution in [0.2, 0.25) is 0 Å². The second kappa shape index (κ2) is 13.0. The highest BCUT2D eigenvalue weighted by Crippen LogP contribution is 2.55. The van der Waals surface area contributed by atoms with Gasteiger partial charge in [-0.25, -0.2) is 0 Å². The van der Waals surface area contributed by atoms with Crippen molar-refractivity contribution in [2.45, 2.75) is 53.9 Å². The molecule has 0 atom stereocenters. The molecule has 1 aliphatic heterocycles. The van der Waals surface area contributed by atoms with E-state index in [1.54, 1.807) is 0 Å². The van der Waals surface area contributed by atoms with Gasteiger partial charge in [0.05, 0.1) is 11.4 Å². The molecule has 0 saturated carbocycles. The standard InChI is InChI=1S/C54H47N3/c1-34-36(3)50-48-33-49(51-37(4)35(2)47-30-38(54(5,6)7)29-46(34)52(47)53(50)51)57(41-23-15-10-16-24-41)45-28-18-26-43(32-45)55(39-19-11-8-12-20-39)42-25-17-27-44(31-42)56(48)40-21-13-9-14-22-40/h8-33H,1-7H3. The molecule has 1 aliphatic rings. The third kappa shape index (κ3) is 5.40. The van der Waals surface area contributed by atoms with Crippen LogP contribution in [-0.2, 0) is 5.41 Å². The monoisotopic (exact) mass is 737 g/mol. The van der Waals surface area contributed by atoms with E-state index in [9.17, 15) is 0 Å². The number of fused-ring (bicyclic) bond motifs is 8. The summed E-state index contributed by atoms with van der Waals surface area (Å²) in [5.41, 5.74) is 16.7. The summed E-state index contributed by atoms with van der Waals surface area (Å²) in [6.45, 7) is 16.4. The van der Waals surface area contributed by atoms with Crippen molar-refractivity contribution in [1.82, 2.24) is 0 Å². The molecule has 9 aromatic rings. The summed E-state index contributed by atoms with van der Waals surface area (Å²) in [6.07, 6.45) is 0. The van der Waals surface area contributed by atoms with Gasteiger partial charge in [-0.2, -0.15) is 0 Å². The van der Waals surface area contributed by atoms with E-state index in [1.807, 2.05) is 0 Å². The van der Waals surface area contributed by atoms with Crippen molar-refractivity contribution in [3.8, 4) is 0 Å². The molecule has 0 saturated heterocycles. The highest BCUT2D eigenvalue weighted by Gasteiger charge is 2.30. The second-order valence-corrected chi connectivity index (χ2v) is 16.8. The van der Waals surface area contributed by atoms with E-state index in [-0.39, 0.29) is 5.41 Å². The Morgan fingerprint density at radius 1 is 0.316 bits per heavy atom. The van der Waals surface area contributed by atoms with Crippen LogP contribution in [0.3, 0.4) is 0 Å². The van der Waals surface area contributed by atoms with Gasteiger partial charge < -0.3 is 14.7 Å². The fourth-order valence-corrected chi connectivity index (χ4v) is 9.31. The average Bonchev–Trinajstić information content (AvgIpc) is 3.22. The van der Waals surface area contributed by atoms with Crippen LogP contribution in [0.25, 0.3) is 32.3 Å². The summed E-state index contributed by atoms with van der Waals surface area (Å²) in [5, 5.41) is 7.97. The second-order valence-electron chi connectivity index (χ2n) is 16.8. The Kier molecular flexibility index (Phi) is 7.95.